The lowest BCUT2D eigenvalue weighted by Gasteiger charge is -2.23. The summed E-state index contributed by atoms with van der Waals surface area (Å²) in [6.45, 7) is 2.16. The zero-order valence-electron chi connectivity index (χ0n) is 10.4. The molecule has 94 valence electrons. The Morgan fingerprint density at radius 1 is 1.35 bits per heavy atom. The fourth-order valence-electron chi connectivity index (χ4n) is 2.42. The lowest BCUT2D eigenvalue weighted by Crippen LogP contribution is -2.39. The van der Waals surface area contributed by atoms with Crippen LogP contribution in [0, 0.1) is 0 Å². The van der Waals surface area contributed by atoms with E-state index in [0.29, 0.717) is 18.2 Å². The fourth-order valence-corrected chi connectivity index (χ4v) is 2.69. The molecule has 0 aromatic heterocycles. The summed E-state index contributed by atoms with van der Waals surface area (Å²) in [5, 5.41) is 3.39. The minimum atomic E-state index is 0.360. The zero-order valence-corrected chi connectivity index (χ0v) is 12.0. The number of benzene rings is 1. The van der Waals surface area contributed by atoms with Gasteiger partial charge in [-0.15, -0.1) is 0 Å². The predicted octanol–water partition coefficient (Wildman–Crippen LogP) is 3.15. The van der Waals surface area contributed by atoms with Crippen molar-refractivity contribution in [3.8, 4) is 0 Å². The second kappa shape index (κ2) is 5.98. The summed E-state index contributed by atoms with van der Waals surface area (Å²) in [6.07, 6.45) is 4.16. The quantitative estimate of drug-likeness (QED) is 0.922. The molecule has 1 aromatic rings. The van der Waals surface area contributed by atoms with Crippen molar-refractivity contribution in [2.45, 2.75) is 44.4 Å². The molecular formula is C14H20BrNO. The summed E-state index contributed by atoms with van der Waals surface area (Å²) in [5.41, 5.74) is 1.36. The molecule has 3 atom stereocenters. The van der Waals surface area contributed by atoms with Gasteiger partial charge in [0.1, 0.15) is 0 Å². The topological polar surface area (TPSA) is 21.3 Å². The largest absolute Gasteiger partial charge is 0.374 e. The maximum atomic E-state index is 5.94. The van der Waals surface area contributed by atoms with Crippen molar-refractivity contribution < 1.29 is 4.74 Å². The van der Waals surface area contributed by atoms with E-state index in [1.54, 1.807) is 0 Å². The van der Waals surface area contributed by atoms with E-state index < -0.39 is 0 Å². The molecule has 0 aliphatic carbocycles. The number of hydrogen-bond donors (Lipinski definition) is 1. The van der Waals surface area contributed by atoms with E-state index in [1.165, 1.54) is 18.4 Å². The van der Waals surface area contributed by atoms with Crippen LogP contribution in [0.2, 0.25) is 0 Å². The lowest BCUT2D eigenvalue weighted by atomic mass is 9.99. The molecule has 17 heavy (non-hydrogen) atoms. The van der Waals surface area contributed by atoms with Gasteiger partial charge in [0.05, 0.1) is 12.2 Å². The molecule has 1 aliphatic rings. The van der Waals surface area contributed by atoms with Crippen LogP contribution in [0.25, 0.3) is 0 Å². The molecular weight excluding hydrogens is 278 g/mol. The monoisotopic (exact) mass is 297 g/mol. The minimum Gasteiger partial charge on any atom is -0.374 e. The molecule has 0 bridgehead atoms. The van der Waals surface area contributed by atoms with Gasteiger partial charge in [0.25, 0.3) is 0 Å². The summed E-state index contributed by atoms with van der Waals surface area (Å²) in [7, 11) is 2.02. The molecule has 1 N–H and O–H groups in total. The molecule has 2 nitrogen and oxygen atoms in total. The van der Waals surface area contributed by atoms with Crippen LogP contribution in [-0.2, 0) is 11.2 Å². The number of likely N-dealkylation sites (N-methyl/N-ethyl adjacent to an activating group) is 1. The van der Waals surface area contributed by atoms with Gasteiger partial charge in [0.15, 0.2) is 0 Å². The molecule has 0 radical (unpaired) electrons. The Balaban J connectivity index is 1.97. The van der Waals surface area contributed by atoms with Gasteiger partial charge in [0, 0.05) is 10.5 Å². The first kappa shape index (κ1) is 13.1. The molecule has 1 heterocycles. The van der Waals surface area contributed by atoms with Crippen LogP contribution in [0.15, 0.2) is 28.7 Å². The van der Waals surface area contributed by atoms with Crippen LogP contribution in [0.1, 0.15) is 25.3 Å². The fraction of sp³-hybridized carbons (Fsp3) is 0.571. The molecule has 1 aromatic carbocycles. The standard InChI is InChI=1S/C14H20BrNO/c1-10-3-8-14(17-10)13(16-2)9-11-4-6-12(15)7-5-11/h4-7,10,13-14,16H,3,8-9H2,1-2H3. The van der Waals surface area contributed by atoms with Crippen LogP contribution >= 0.6 is 15.9 Å². The molecule has 0 amide bonds. The minimum absolute atomic E-state index is 0.360. The third kappa shape index (κ3) is 3.54. The van der Waals surface area contributed by atoms with Gasteiger partial charge in [-0.05, 0) is 50.9 Å². The lowest BCUT2D eigenvalue weighted by molar-refractivity contribution is 0.0337. The third-order valence-corrected chi connectivity index (χ3v) is 3.98. The highest BCUT2D eigenvalue weighted by Crippen LogP contribution is 2.23. The number of halogens is 1. The molecule has 1 aliphatic heterocycles. The van der Waals surface area contributed by atoms with E-state index in [1.807, 2.05) is 7.05 Å². The van der Waals surface area contributed by atoms with E-state index in [-0.39, 0.29) is 0 Å². The van der Waals surface area contributed by atoms with E-state index in [4.69, 9.17) is 4.74 Å². The molecule has 2 rings (SSSR count). The second-order valence-corrected chi connectivity index (χ2v) is 5.70. The first-order valence-corrected chi connectivity index (χ1v) is 7.05. The highest BCUT2D eigenvalue weighted by atomic mass is 79.9. The number of hydrogen-bond acceptors (Lipinski definition) is 2. The normalized spacial score (nSPS) is 26.1. The predicted molar refractivity (Wildman–Crippen MR) is 74.3 cm³/mol. The molecule has 0 saturated carbocycles. The van der Waals surface area contributed by atoms with Crippen LogP contribution in [0.5, 0.6) is 0 Å². The Hall–Kier alpha value is -0.380. The summed E-state index contributed by atoms with van der Waals surface area (Å²) in [6, 6.07) is 8.96. The van der Waals surface area contributed by atoms with Crippen molar-refractivity contribution in [2.75, 3.05) is 7.05 Å². The Labute approximate surface area is 112 Å². The Morgan fingerprint density at radius 3 is 2.59 bits per heavy atom. The van der Waals surface area contributed by atoms with Gasteiger partial charge < -0.3 is 10.1 Å². The Kier molecular flexibility index (Phi) is 4.60. The highest BCUT2D eigenvalue weighted by Gasteiger charge is 2.28. The second-order valence-electron chi connectivity index (χ2n) is 4.79. The smallest absolute Gasteiger partial charge is 0.0735 e. The number of rotatable bonds is 4. The van der Waals surface area contributed by atoms with E-state index in [0.717, 1.165) is 10.9 Å². The third-order valence-electron chi connectivity index (χ3n) is 3.45. The molecule has 1 saturated heterocycles. The van der Waals surface area contributed by atoms with Crippen molar-refractivity contribution >= 4 is 15.9 Å². The van der Waals surface area contributed by atoms with Crippen LogP contribution in [0.4, 0.5) is 0 Å². The average Bonchev–Trinajstić information content (AvgIpc) is 2.75. The van der Waals surface area contributed by atoms with Gasteiger partial charge in [-0.2, -0.15) is 0 Å². The molecule has 1 fully saturated rings. The molecule has 3 heteroatoms. The van der Waals surface area contributed by atoms with Crippen molar-refractivity contribution in [1.82, 2.24) is 5.32 Å². The summed E-state index contributed by atoms with van der Waals surface area (Å²) in [4.78, 5) is 0. The molecule has 3 unspecified atom stereocenters. The first-order valence-electron chi connectivity index (χ1n) is 6.26. The Morgan fingerprint density at radius 2 is 2.06 bits per heavy atom. The van der Waals surface area contributed by atoms with Gasteiger partial charge in [0.2, 0.25) is 0 Å². The van der Waals surface area contributed by atoms with E-state index in [2.05, 4.69) is 52.4 Å². The van der Waals surface area contributed by atoms with Gasteiger partial charge in [-0.25, -0.2) is 0 Å². The van der Waals surface area contributed by atoms with Crippen LogP contribution in [-0.4, -0.2) is 25.3 Å². The van der Waals surface area contributed by atoms with Gasteiger partial charge in [-0.1, -0.05) is 28.1 Å². The van der Waals surface area contributed by atoms with Gasteiger partial charge >= 0.3 is 0 Å². The van der Waals surface area contributed by atoms with Crippen molar-refractivity contribution in [3.05, 3.63) is 34.3 Å². The highest BCUT2D eigenvalue weighted by molar-refractivity contribution is 9.10. The summed E-state index contributed by atoms with van der Waals surface area (Å²) < 4.78 is 7.07. The van der Waals surface area contributed by atoms with Crippen molar-refractivity contribution in [3.63, 3.8) is 0 Å². The molecule has 0 spiro atoms. The number of ether oxygens (including phenoxy) is 1. The van der Waals surface area contributed by atoms with Crippen LogP contribution in [0.3, 0.4) is 0 Å². The SMILES string of the molecule is CNC(Cc1ccc(Br)cc1)C1CCC(C)O1. The van der Waals surface area contributed by atoms with E-state index in [9.17, 15) is 0 Å². The maximum Gasteiger partial charge on any atom is 0.0735 e. The van der Waals surface area contributed by atoms with Crippen LogP contribution < -0.4 is 5.32 Å². The maximum absolute atomic E-state index is 5.94. The summed E-state index contributed by atoms with van der Waals surface area (Å²) in [5.74, 6) is 0. The van der Waals surface area contributed by atoms with Crippen molar-refractivity contribution in [1.29, 1.82) is 0 Å². The average molecular weight is 298 g/mol. The van der Waals surface area contributed by atoms with E-state index >= 15 is 0 Å². The first-order chi connectivity index (χ1) is 8.19. The van der Waals surface area contributed by atoms with Gasteiger partial charge in [-0.3, -0.25) is 0 Å². The zero-order chi connectivity index (χ0) is 12.3. The van der Waals surface area contributed by atoms with Crippen molar-refractivity contribution in [2.24, 2.45) is 0 Å². The summed E-state index contributed by atoms with van der Waals surface area (Å²) >= 11 is 3.46. The number of nitrogens with one attached hydrogen (secondary N) is 1. The Bertz CT molecular complexity index is 352.